The van der Waals surface area contributed by atoms with Crippen LogP contribution in [0.15, 0.2) is 0 Å². The van der Waals surface area contributed by atoms with Crippen molar-refractivity contribution < 1.29 is 18.8 Å². The number of methoxy groups -OCH3 is 2. The van der Waals surface area contributed by atoms with E-state index in [1.165, 1.54) is 14.2 Å². The van der Waals surface area contributed by atoms with Crippen LogP contribution >= 0.6 is 8.46 Å². The van der Waals surface area contributed by atoms with Gasteiger partial charge in [-0.3, -0.25) is 9.36 Å². The molecule has 0 aromatic rings. The smallest absolute Gasteiger partial charge is 0.309 e. The number of esters is 1. The maximum atomic E-state index is 10.7. The molecule has 0 N–H and O–H groups in total. The Kier molecular flexibility index (Phi) is 4.23. The fourth-order valence-electron chi connectivity index (χ4n) is 0.482. The first-order valence-corrected chi connectivity index (χ1v) is 3.85. The molecule has 0 aromatic heterocycles. The Hall–Kier alpha value is -0.470. The lowest BCUT2D eigenvalue weighted by atomic mass is 10.3. The second-order valence-electron chi connectivity index (χ2n) is 2.22. The summed E-state index contributed by atoms with van der Waals surface area (Å²) in [5.74, 6) is -0.433. The summed E-state index contributed by atoms with van der Waals surface area (Å²) in [4.78, 5) is 10.7. The van der Waals surface area contributed by atoms with E-state index in [0.717, 1.165) is 0 Å². The molecule has 5 heteroatoms. The number of carbonyl (C=O) groups is 1. The van der Waals surface area contributed by atoms with Crippen molar-refractivity contribution in [2.45, 2.75) is 18.7 Å². The van der Waals surface area contributed by atoms with Crippen LogP contribution in [0.3, 0.4) is 0 Å². The average molecular weight is 178 g/mol. The van der Waals surface area contributed by atoms with Gasteiger partial charge in [-0.25, -0.2) is 0 Å². The maximum absolute atomic E-state index is 10.7. The third-order valence-electron chi connectivity index (χ3n) is 1.33. The van der Waals surface area contributed by atoms with Crippen molar-refractivity contribution in [3.05, 3.63) is 0 Å². The highest BCUT2D eigenvalue weighted by Crippen LogP contribution is 2.27. The Bertz CT molecular complexity index is 159. The molecule has 0 radical (unpaired) electrons. The van der Waals surface area contributed by atoms with E-state index >= 15 is 0 Å². The molecule has 0 heterocycles. The summed E-state index contributed by atoms with van der Waals surface area (Å²) >= 11 is 0. The molecule has 0 spiro atoms. The van der Waals surface area contributed by atoms with Crippen LogP contribution in [-0.4, -0.2) is 25.5 Å². The third kappa shape index (κ3) is 3.44. The fraction of sp³-hybridized carbons (Fsp3) is 0.833. The summed E-state index contributed by atoms with van der Waals surface area (Å²) < 4.78 is 19.7. The molecule has 0 aliphatic rings. The SMILES string of the molecule is COC(=O)CC(C)(OC)P=O. The van der Waals surface area contributed by atoms with Gasteiger partial charge in [-0.2, -0.15) is 0 Å². The van der Waals surface area contributed by atoms with Crippen molar-refractivity contribution in [2.24, 2.45) is 0 Å². The fourth-order valence-corrected chi connectivity index (χ4v) is 0.750. The molecular weight excluding hydrogens is 167 g/mol. The van der Waals surface area contributed by atoms with Gasteiger partial charge in [-0.05, 0) is 6.92 Å². The normalized spacial score (nSPS) is 15.9. The van der Waals surface area contributed by atoms with Gasteiger partial charge in [0.2, 0.25) is 0 Å². The molecule has 0 aliphatic heterocycles. The average Bonchev–Trinajstić information content (AvgIpc) is 2.04. The zero-order valence-electron chi connectivity index (χ0n) is 6.79. The molecule has 1 unspecified atom stereocenters. The van der Waals surface area contributed by atoms with E-state index < -0.39 is 11.3 Å². The predicted molar refractivity (Wildman–Crippen MR) is 39.7 cm³/mol. The van der Waals surface area contributed by atoms with Crippen molar-refractivity contribution in [1.82, 2.24) is 0 Å². The molecule has 0 aliphatic carbocycles. The van der Waals surface area contributed by atoms with Crippen LogP contribution in [0.5, 0.6) is 0 Å². The Balaban J connectivity index is 4.07. The molecule has 4 nitrogen and oxygen atoms in total. The third-order valence-corrected chi connectivity index (χ3v) is 2.06. The van der Waals surface area contributed by atoms with Crippen LogP contribution in [0.4, 0.5) is 0 Å². The predicted octanol–water partition coefficient (Wildman–Crippen LogP) is 1.20. The lowest BCUT2D eigenvalue weighted by molar-refractivity contribution is -0.143. The molecule has 64 valence electrons. The number of rotatable bonds is 4. The van der Waals surface area contributed by atoms with Crippen LogP contribution in [0.25, 0.3) is 0 Å². The van der Waals surface area contributed by atoms with Crippen molar-refractivity contribution in [1.29, 1.82) is 0 Å². The van der Waals surface area contributed by atoms with Gasteiger partial charge in [-0.1, -0.05) is 0 Å². The van der Waals surface area contributed by atoms with Crippen LogP contribution < -0.4 is 0 Å². The number of ether oxygens (including phenoxy) is 2. The van der Waals surface area contributed by atoms with E-state index in [1.807, 2.05) is 0 Å². The van der Waals surface area contributed by atoms with E-state index in [0.29, 0.717) is 0 Å². The molecular formula is C6H11O4P. The van der Waals surface area contributed by atoms with E-state index in [4.69, 9.17) is 4.74 Å². The van der Waals surface area contributed by atoms with Crippen molar-refractivity contribution in [2.75, 3.05) is 14.2 Å². The molecule has 1 atom stereocenters. The topological polar surface area (TPSA) is 52.6 Å². The van der Waals surface area contributed by atoms with E-state index in [-0.39, 0.29) is 14.9 Å². The first kappa shape index (κ1) is 10.5. The minimum Gasteiger partial charge on any atom is -0.469 e. The standard InChI is InChI=1S/C6H11O4P/c1-6(10-3,11-8)4-5(7)9-2/h4H2,1-3H3. The number of carbonyl (C=O) groups excluding carboxylic acids is 1. The first-order valence-electron chi connectivity index (χ1n) is 3.04. The summed E-state index contributed by atoms with van der Waals surface area (Å²) in [5.41, 5.74) is 0. The quantitative estimate of drug-likeness (QED) is 0.479. The highest BCUT2D eigenvalue weighted by molar-refractivity contribution is 7.25. The maximum Gasteiger partial charge on any atom is 0.309 e. The van der Waals surface area contributed by atoms with Crippen molar-refractivity contribution >= 4 is 14.4 Å². The number of hydrogen-bond acceptors (Lipinski definition) is 4. The summed E-state index contributed by atoms with van der Waals surface area (Å²) in [6, 6.07) is 0. The Labute approximate surface area is 67.1 Å². The van der Waals surface area contributed by atoms with E-state index in [9.17, 15) is 9.36 Å². The number of hydrogen-bond donors (Lipinski definition) is 0. The Morgan fingerprint density at radius 2 is 2.09 bits per heavy atom. The van der Waals surface area contributed by atoms with E-state index in [1.54, 1.807) is 6.92 Å². The lowest BCUT2D eigenvalue weighted by Gasteiger charge is -2.17. The first-order chi connectivity index (χ1) is 5.08. The van der Waals surface area contributed by atoms with Crippen LogP contribution in [-0.2, 0) is 18.8 Å². The molecule has 0 bridgehead atoms. The minimum atomic E-state index is -0.951. The summed E-state index contributed by atoms with van der Waals surface area (Å²) in [5, 5.41) is -0.951. The van der Waals surface area contributed by atoms with Crippen LogP contribution in [0.2, 0.25) is 0 Å². The molecule has 0 fully saturated rings. The Morgan fingerprint density at radius 3 is 2.36 bits per heavy atom. The minimum absolute atomic E-state index is 0.00887. The van der Waals surface area contributed by atoms with Gasteiger partial charge in [0.1, 0.15) is 0 Å². The zero-order valence-corrected chi connectivity index (χ0v) is 7.68. The summed E-state index contributed by atoms with van der Waals surface area (Å²) in [7, 11) is 2.46. The van der Waals surface area contributed by atoms with Gasteiger partial charge in [0.25, 0.3) is 0 Å². The van der Waals surface area contributed by atoms with Crippen LogP contribution in [0.1, 0.15) is 13.3 Å². The molecule has 0 saturated carbocycles. The summed E-state index contributed by atoms with van der Waals surface area (Å²) in [6.07, 6.45) is -0.00887. The molecule has 0 aromatic carbocycles. The van der Waals surface area contributed by atoms with Gasteiger partial charge in [0, 0.05) is 7.11 Å². The van der Waals surface area contributed by atoms with Crippen molar-refractivity contribution in [3.63, 3.8) is 0 Å². The molecule has 0 saturated heterocycles. The monoisotopic (exact) mass is 178 g/mol. The Morgan fingerprint density at radius 1 is 1.55 bits per heavy atom. The summed E-state index contributed by atoms with van der Waals surface area (Å²) in [6.45, 7) is 1.57. The lowest BCUT2D eigenvalue weighted by Crippen LogP contribution is -2.24. The van der Waals surface area contributed by atoms with Crippen LogP contribution in [0, 0.1) is 0 Å². The highest BCUT2D eigenvalue weighted by atomic mass is 31.1. The van der Waals surface area contributed by atoms with Gasteiger partial charge in [0.05, 0.1) is 13.5 Å². The van der Waals surface area contributed by atoms with Gasteiger partial charge >= 0.3 is 5.97 Å². The largest absolute Gasteiger partial charge is 0.469 e. The zero-order chi connectivity index (χ0) is 8.91. The molecule has 0 amide bonds. The van der Waals surface area contributed by atoms with Gasteiger partial charge in [0.15, 0.2) is 13.8 Å². The van der Waals surface area contributed by atoms with Crippen molar-refractivity contribution in [3.8, 4) is 0 Å². The second kappa shape index (κ2) is 4.42. The highest BCUT2D eigenvalue weighted by Gasteiger charge is 2.28. The second-order valence-corrected chi connectivity index (χ2v) is 3.35. The van der Waals surface area contributed by atoms with E-state index in [2.05, 4.69) is 4.74 Å². The van der Waals surface area contributed by atoms with Gasteiger partial charge in [-0.15, -0.1) is 0 Å². The van der Waals surface area contributed by atoms with Gasteiger partial charge < -0.3 is 9.47 Å². The molecule has 11 heavy (non-hydrogen) atoms. The molecule has 0 rings (SSSR count).